The zero-order valence-corrected chi connectivity index (χ0v) is 14.5. The first-order chi connectivity index (χ1) is 6.56. The molecular formula is C10H17Br3N2O. The lowest BCUT2D eigenvalue weighted by atomic mass is 10.1. The smallest absolute Gasteiger partial charge is 0.141 e. The molecule has 0 saturated carbocycles. The fourth-order valence-corrected chi connectivity index (χ4v) is 1.78. The number of hydrogen-bond donors (Lipinski definition) is 1. The van der Waals surface area contributed by atoms with Crippen LogP contribution < -0.4 is 0 Å². The maximum atomic E-state index is 9.85. The lowest BCUT2D eigenvalue weighted by molar-refractivity contribution is 0.382. The van der Waals surface area contributed by atoms with Crippen molar-refractivity contribution in [2.75, 3.05) is 14.1 Å². The first-order valence-electron chi connectivity index (χ1n) is 4.43. The zero-order valence-electron chi connectivity index (χ0n) is 9.53. The minimum absolute atomic E-state index is 0. The quantitative estimate of drug-likeness (QED) is 0.763. The highest BCUT2D eigenvalue weighted by Crippen LogP contribution is 2.25. The second-order valence-electron chi connectivity index (χ2n) is 3.57. The molecule has 1 N–H and O–H groups in total. The molecule has 0 spiro atoms. The Morgan fingerprint density at radius 2 is 1.94 bits per heavy atom. The van der Waals surface area contributed by atoms with E-state index in [0.717, 1.165) is 23.0 Å². The van der Waals surface area contributed by atoms with Crippen LogP contribution in [0.3, 0.4) is 0 Å². The van der Waals surface area contributed by atoms with Crippen LogP contribution in [0, 0.1) is 6.92 Å². The van der Waals surface area contributed by atoms with Crippen LogP contribution in [0.25, 0.3) is 0 Å². The van der Waals surface area contributed by atoms with E-state index in [0.29, 0.717) is 11.4 Å². The highest BCUT2D eigenvalue weighted by molar-refractivity contribution is 9.08. The van der Waals surface area contributed by atoms with E-state index >= 15 is 0 Å². The Hall–Kier alpha value is 0.350. The second kappa shape index (κ2) is 8.44. The van der Waals surface area contributed by atoms with E-state index in [2.05, 4.69) is 20.9 Å². The number of alkyl halides is 1. The van der Waals surface area contributed by atoms with Crippen molar-refractivity contribution in [3.63, 3.8) is 0 Å². The Morgan fingerprint density at radius 1 is 1.38 bits per heavy atom. The molecule has 0 aromatic carbocycles. The topological polar surface area (TPSA) is 36.4 Å². The standard InChI is InChI=1S/C10H15BrN2O.2BrH/c1-7-10(14)9(6-13(2)3)8(4-11)5-12-7;;/h5,14H,4,6H2,1-3H3;2*1H. The molecule has 16 heavy (non-hydrogen) atoms. The molecule has 94 valence electrons. The summed E-state index contributed by atoms with van der Waals surface area (Å²) >= 11 is 3.39. The molecule has 0 fully saturated rings. The number of rotatable bonds is 3. The summed E-state index contributed by atoms with van der Waals surface area (Å²) in [5.74, 6) is 0.315. The Labute approximate surface area is 126 Å². The van der Waals surface area contributed by atoms with Gasteiger partial charge in [0.2, 0.25) is 0 Å². The van der Waals surface area contributed by atoms with Crippen LogP contribution in [-0.2, 0) is 11.9 Å². The molecule has 0 atom stereocenters. The number of halogens is 3. The molecule has 0 bridgehead atoms. The molecule has 0 saturated heterocycles. The summed E-state index contributed by atoms with van der Waals surface area (Å²) in [4.78, 5) is 6.15. The van der Waals surface area contributed by atoms with Gasteiger partial charge in [0.25, 0.3) is 0 Å². The third-order valence-corrected chi connectivity index (χ3v) is 2.65. The van der Waals surface area contributed by atoms with Gasteiger partial charge in [0.15, 0.2) is 0 Å². The summed E-state index contributed by atoms with van der Waals surface area (Å²) in [6, 6.07) is 0. The molecule has 0 unspecified atom stereocenters. The zero-order chi connectivity index (χ0) is 10.7. The molecule has 1 aromatic rings. The van der Waals surface area contributed by atoms with Gasteiger partial charge in [-0.2, -0.15) is 0 Å². The highest BCUT2D eigenvalue weighted by atomic mass is 79.9. The van der Waals surface area contributed by atoms with Gasteiger partial charge in [0, 0.05) is 23.6 Å². The molecule has 0 amide bonds. The van der Waals surface area contributed by atoms with Gasteiger partial charge < -0.3 is 10.0 Å². The van der Waals surface area contributed by atoms with Gasteiger partial charge >= 0.3 is 0 Å². The van der Waals surface area contributed by atoms with Crippen LogP contribution in [0.15, 0.2) is 6.20 Å². The summed E-state index contributed by atoms with van der Waals surface area (Å²) < 4.78 is 0. The van der Waals surface area contributed by atoms with E-state index in [-0.39, 0.29) is 34.0 Å². The van der Waals surface area contributed by atoms with E-state index in [4.69, 9.17) is 0 Å². The van der Waals surface area contributed by atoms with E-state index < -0.39 is 0 Å². The molecule has 1 rings (SSSR count). The number of aryl methyl sites for hydroxylation is 1. The summed E-state index contributed by atoms with van der Waals surface area (Å²) in [5.41, 5.74) is 2.69. The van der Waals surface area contributed by atoms with Crippen LogP contribution in [0.2, 0.25) is 0 Å². The van der Waals surface area contributed by atoms with Crippen molar-refractivity contribution in [2.24, 2.45) is 0 Å². The predicted octanol–water partition coefficient (Wildman–Crippen LogP) is 3.21. The minimum Gasteiger partial charge on any atom is -0.506 e. The Morgan fingerprint density at radius 3 is 2.38 bits per heavy atom. The van der Waals surface area contributed by atoms with Crippen LogP contribution >= 0.6 is 49.9 Å². The van der Waals surface area contributed by atoms with E-state index in [1.54, 1.807) is 0 Å². The van der Waals surface area contributed by atoms with Gasteiger partial charge in [0.05, 0.1) is 5.69 Å². The third kappa shape index (κ3) is 4.69. The molecule has 0 aliphatic heterocycles. The fourth-order valence-electron chi connectivity index (χ4n) is 1.29. The van der Waals surface area contributed by atoms with Crippen molar-refractivity contribution in [3.05, 3.63) is 23.0 Å². The largest absolute Gasteiger partial charge is 0.506 e. The van der Waals surface area contributed by atoms with Crippen molar-refractivity contribution >= 4 is 49.9 Å². The maximum absolute atomic E-state index is 9.85. The Kier molecular flexibility index (Phi) is 9.87. The van der Waals surface area contributed by atoms with Crippen molar-refractivity contribution in [2.45, 2.75) is 18.8 Å². The number of nitrogens with zero attached hydrogens (tertiary/aromatic N) is 2. The van der Waals surface area contributed by atoms with Gasteiger partial charge in [-0.3, -0.25) is 4.98 Å². The molecule has 3 nitrogen and oxygen atoms in total. The first kappa shape index (κ1) is 18.7. The van der Waals surface area contributed by atoms with Gasteiger partial charge in [0.1, 0.15) is 5.75 Å². The number of hydrogen-bond acceptors (Lipinski definition) is 3. The average Bonchev–Trinajstić information content (AvgIpc) is 2.13. The normalized spacial score (nSPS) is 9.56. The monoisotopic (exact) mass is 418 g/mol. The summed E-state index contributed by atoms with van der Waals surface area (Å²) in [5, 5.41) is 10.6. The second-order valence-corrected chi connectivity index (χ2v) is 4.13. The van der Waals surface area contributed by atoms with Gasteiger partial charge in [-0.15, -0.1) is 34.0 Å². The van der Waals surface area contributed by atoms with Crippen LogP contribution in [0.5, 0.6) is 5.75 Å². The molecule has 6 heteroatoms. The molecule has 0 radical (unpaired) electrons. The van der Waals surface area contributed by atoms with Crippen molar-refractivity contribution in [1.82, 2.24) is 9.88 Å². The Bertz CT molecular complexity index is 332. The minimum atomic E-state index is 0. The predicted molar refractivity (Wildman–Crippen MR) is 81.3 cm³/mol. The van der Waals surface area contributed by atoms with E-state index in [9.17, 15) is 5.11 Å². The molecular weight excluding hydrogens is 404 g/mol. The first-order valence-corrected chi connectivity index (χ1v) is 5.55. The summed E-state index contributed by atoms with van der Waals surface area (Å²) in [6.07, 6.45) is 1.81. The van der Waals surface area contributed by atoms with Crippen molar-refractivity contribution < 1.29 is 5.11 Å². The van der Waals surface area contributed by atoms with Crippen LogP contribution in [-0.4, -0.2) is 29.1 Å². The van der Waals surface area contributed by atoms with Crippen LogP contribution in [0.4, 0.5) is 0 Å². The van der Waals surface area contributed by atoms with Crippen molar-refractivity contribution in [1.29, 1.82) is 0 Å². The van der Waals surface area contributed by atoms with E-state index in [1.165, 1.54) is 0 Å². The molecule has 0 aliphatic rings. The van der Waals surface area contributed by atoms with Crippen LogP contribution in [0.1, 0.15) is 16.8 Å². The van der Waals surface area contributed by atoms with Gasteiger partial charge in [-0.1, -0.05) is 15.9 Å². The van der Waals surface area contributed by atoms with Gasteiger partial charge in [-0.05, 0) is 26.6 Å². The third-order valence-electron chi connectivity index (χ3n) is 2.05. The SMILES string of the molecule is Br.Br.Cc1ncc(CBr)c(CN(C)C)c1O. The molecule has 1 heterocycles. The summed E-state index contributed by atoms with van der Waals surface area (Å²) in [6.45, 7) is 2.54. The maximum Gasteiger partial charge on any atom is 0.141 e. The lowest BCUT2D eigenvalue weighted by Crippen LogP contribution is -2.13. The number of pyridine rings is 1. The average molecular weight is 421 g/mol. The molecule has 0 aliphatic carbocycles. The number of aromatic hydroxyl groups is 1. The molecule has 1 aromatic heterocycles. The lowest BCUT2D eigenvalue weighted by Gasteiger charge is -2.15. The summed E-state index contributed by atoms with van der Waals surface area (Å²) in [7, 11) is 3.96. The fraction of sp³-hybridized carbons (Fsp3) is 0.500. The highest BCUT2D eigenvalue weighted by Gasteiger charge is 2.11. The van der Waals surface area contributed by atoms with Crippen molar-refractivity contribution in [3.8, 4) is 5.75 Å². The Balaban J connectivity index is 0. The van der Waals surface area contributed by atoms with Gasteiger partial charge in [-0.25, -0.2) is 0 Å². The number of aromatic nitrogens is 1. The van der Waals surface area contributed by atoms with E-state index in [1.807, 2.05) is 32.1 Å².